The van der Waals surface area contributed by atoms with Gasteiger partial charge in [-0.15, -0.1) is 0 Å². The fraction of sp³-hybridized carbons (Fsp3) is 0.333. The van der Waals surface area contributed by atoms with E-state index < -0.39 is 16.0 Å². The monoisotopic (exact) mass is 297 g/mol. The van der Waals surface area contributed by atoms with E-state index in [1.54, 1.807) is 31.3 Å². The summed E-state index contributed by atoms with van der Waals surface area (Å²) in [6.07, 6.45) is 1.62. The number of fused-ring (bicyclic) bond motifs is 1. The molecule has 0 aliphatic carbocycles. The normalized spacial score (nSPS) is 11.5. The number of nitrogens with zero attached hydrogens (tertiary/aromatic N) is 2. The first-order valence-electron chi connectivity index (χ1n) is 6.13. The lowest BCUT2D eigenvalue weighted by Crippen LogP contribution is -2.18. The van der Waals surface area contributed by atoms with Crippen molar-refractivity contribution >= 4 is 27.5 Å². The van der Waals surface area contributed by atoms with Gasteiger partial charge < -0.3 is 4.74 Å². The molecule has 0 spiro atoms. The van der Waals surface area contributed by atoms with Crippen LogP contribution in [-0.4, -0.2) is 36.1 Å². The molecule has 20 heavy (non-hydrogen) atoms. The summed E-state index contributed by atoms with van der Waals surface area (Å²) in [4.78, 5) is 16.0. The van der Waals surface area contributed by atoms with Gasteiger partial charge in [0, 0.05) is 6.20 Å². The maximum atomic E-state index is 11.9. The number of hydrogen-bond acceptors (Lipinski definition) is 5. The first-order chi connectivity index (χ1) is 9.48. The lowest BCUT2D eigenvalue weighted by atomic mass is 10.4. The summed E-state index contributed by atoms with van der Waals surface area (Å²) in [6.45, 7) is 3.37. The summed E-state index contributed by atoms with van der Waals surface area (Å²) in [7, 11) is -3.52. The number of sulfonamides is 1. The summed E-state index contributed by atoms with van der Waals surface area (Å²) in [5.41, 5.74) is 0.416. The number of rotatable bonds is 5. The maximum Gasteiger partial charge on any atom is 0.360 e. The van der Waals surface area contributed by atoms with Crippen LogP contribution in [0, 0.1) is 0 Å². The van der Waals surface area contributed by atoms with Crippen LogP contribution in [0.1, 0.15) is 24.3 Å². The molecule has 0 radical (unpaired) electrons. The third-order valence-electron chi connectivity index (χ3n) is 2.63. The van der Waals surface area contributed by atoms with Gasteiger partial charge in [-0.1, -0.05) is 6.07 Å². The van der Waals surface area contributed by atoms with Gasteiger partial charge in [0.05, 0.1) is 12.4 Å². The average Bonchev–Trinajstić information content (AvgIpc) is 2.78. The second kappa shape index (κ2) is 5.49. The Morgan fingerprint density at radius 2 is 2.15 bits per heavy atom. The van der Waals surface area contributed by atoms with Gasteiger partial charge >= 0.3 is 5.97 Å². The molecule has 0 atom stereocenters. The van der Waals surface area contributed by atoms with Gasteiger partial charge in [0.2, 0.25) is 10.0 Å². The van der Waals surface area contributed by atoms with Gasteiger partial charge in [-0.25, -0.2) is 18.2 Å². The van der Waals surface area contributed by atoms with Crippen LogP contribution in [0.2, 0.25) is 0 Å². The Bertz CT molecular complexity index is 736. The van der Waals surface area contributed by atoms with E-state index in [1.807, 2.05) is 0 Å². The van der Waals surface area contributed by atoms with Gasteiger partial charge in [0.25, 0.3) is 0 Å². The lowest BCUT2D eigenvalue weighted by molar-refractivity contribution is 0.0521. The number of imidazole rings is 1. The van der Waals surface area contributed by atoms with Gasteiger partial charge in [-0.3, -0.25) is 9.12 Å². The van der Waals surface area contributed by atoms with Crippen LogP contribution in [0.25, 0.3) is 5.65 Å². The summed E-state index contributed by atoms with van der Waals surface area (Å²) >= 11 is 0. The minimum absolute atomic E-state index is 0.0462. The molecule has 108 valence electrons. The van der Waals surface area contributed by atoms with Crippen LogP contribution in [0.3, 0.4) is 0 Å². The summed E-state index contributed by atoms with van der Waals surface area (Å²) < 4.78 is 32.2. The number of hydrogen-bond donors (Lipinski definition) is 1. The van der Waals surface area contributed by atoms with Crippen molar-refractivity contribution in [3.8, 4) is 0 Å². The number of esters is 1. The molecular weight excluding hydrogens is 282 g/mol. The predicted molar refractivity (Wildman–Crippen MR) is 74.2 cm³/mol. The highest BCUT2D eigenvalue weighted by molar-refractivity contribution is 7.92. The van der Waals surface area contributed by atoms with Gasteiger partial charge in [0.1, 0.15) is 5.65 Å². The van der Waals surface area contributed by atoms with Crippen molar-refractivity contribution in [2.24, 2.45) is 0 Å². The van der Waals surface area contributed by atoms with Crippen LogP contribution < -0.4 is 4.72 Å². The van der Waals surface area contributed by atoms with Crippen molar-refractivity contribution in [1.29, 1.82) is 0 Å². The Labute approximate surface area is 116 Å². The van der Waals surface area contributed by atoms with E-state index in [2.05, 4.69) is 9.71 Å². The molecule has 0 amide bonds. The fourth-order valence-electron chi connectivity index (χ4n) is 1.65. The number of carbonyl (C=O) groups excluding carboxylic acids is 1. The largest absolute Gasteiger partial charge is 0.461 e. The number of nitrogens with one attached hydrogen (secondary N) is 1. The second-order valence-electron chi connectivity index (χ2n) is 3.96. The highest BCUT2D eigenvalue weighted by atomic mass is 32.2. The van der Waals surface area contributed by atoms with Crippen molar-refractivity contribution < 1.29 is 17.9 Å². The second-order valence-corrected chi connectivity index (χ2v) is 5.97. The molecule has 0 aliphatic heterocycles. The van der Waals surface area contributed by atoms with Crippen molar-refractivity contribution in [2.75, 3.05) is 17.1 Å². The highest BCUT2D eigenvalue weighted by Crippen LogP contribution is 2.20. The van der Waals surface area contributed by atoms with Gasteiger partial charge in [-0.05, 0) is 26.0 Å². The Balaban J connectivity index is 2.59. The molecule has 7 nitrogen and oxygen atoms in total. The molecule has 0 aliphatic rings. The Hall–Kier alpha value is -2.09. The summed E-state index contributed by atoms with van der Waals surface area (Å²) in [5.74, 6) is -0.666. The molecule has 1 N–H and O–H groups in total. The fourth-order valence-corrected chi connectivity index (χ4v) is 2.29. The standard InChI is InChI=1S/C12H15N3O4S/c1-3-19-12(16)10-11(14-20(17,18)4-2)15-8-6-5-7-9(15)13-10/h5-8,14H,3-4H2,1-2H3. The Morgan fingerprint density at radius 3 is 2.80 bits per heavy atom. The zero-order chi connectivity index (χ0) is 14.8. The van der Waals surface area contributed by atoms with E-state index >= 15 is 0 Å². The SMILES string of the molecule is CCOC(=O)c1nc2ccccn2c1NS(=O)(=O)CC. The van der Waals surface area contributed by atoms with Gasteiger partial charge in [0.15, 0.2) is 11.5 Å². The van der Waals surface area contributed by atoms with Crippen LogP contribution in [-0.2, 0) is 14.8 Å². The van der Waals surface area contributed by atoms with Crippen molar-refractivity contribution in [1.82, 2.24) is 9.38 Å². The average molecular weight is 297 g/mol. The molecule has 0 bridgehead atoms. The summed E-state index contributed by atoms with van der Waals surface area (Å²) in [5, 5.41) is 0. The number of pyridine rings is 1. The predicted octanol–water partition coefficient (Wildman–Crippen LogP) is 1.27. The van der Waals surface area contributed by atoms with E-state index in [0.717, 1.165) is 0 Å². The molecule has 8 heteroatoms. The number of aromatic nitrogens is 2. The van der Waals surface area contributed by atoms with E-state index in [4.69, 9.17) is 4.74 Å². The summed E-state index contributed by atoms with van der Waals surface area (Å²) in [6, 6.07) is 5.13. The van der Waals surface area contributed by atoms with Crippen LogP contribution in [0.15, 0.2) is 24.4 Å². The van der Waals surface area contributed by atoms with E-state index in [-0.39, 0.29) is 23.9 Å². The number of carbonyl (C=O) groups is 1. The first kappa shape index (κ1) is 14.3. The molecular formula is C12H15N3O4S. The van der Waals surface area contributed by atoms with Gasteiger partial charge in [-0.2, -0.15) is 0 Å². The quantitative estimate of drug-likeness (QED) is 0.839. The molecule has 0 fully saturated rings. The Morgan fingerprint density at radius 1 is 1.40 bits per heavy atom. The molecule has 2 heterocycles. The molecule has 2 aromatic rings. The molecule has 0 aromatic carbocycles. The lowest BCUT2D eigenvalue weighted by Gasteiger charge is -2.07. The molecule has 2 rings (SSSR count). The Kier molecular flexibility index (Phi) is 3.93. The minimum atomic E-state index is -3.52. The molecule has 2 aromatic heterocycles. The van der Waals surface area contributed by atoms with Crippen LogP contribution in [0.4, 0.5) is 5.82 Å². The van der Waals surface area contributed by atoms with E-state index in [0.29, 0.717) is 5.65 Å². The first-order valence-corrected chi connectivity index (χ1v) is 7.78. The van der Waals surface area contributed by atoms with Crippen molar-refractivity contribution in [3.05, 3.63) is 30.1 Å². The third kappa shape index (κ3) is 2.74. The zero-order valence-corrected chi connectivity index (χ0v) is 12.0. The topological polar surface area (TPSA) is 89.8 Å². The molecule has 0 saturated heterocycles. The van der Waals surface area contributed by atoms with Crippen molar-refractivity contribution in [3.63, 3.8) is 0 Å². The maximum absolute atomic E-state index is 11.9. The number of ether oxygens (including phenoxy) is 1. The smallest absolute Gasteiger partial charge is 0.360 e. The molecule has 0 saturated carbocycles. The zero-order valence-electron chi connectivity index (χ0n) is 11.2. The van der Waals surface area contributed by atoms with Crippen LogP contribution in [0.5, 0.6) is 0 Å². The van der Waals surface area contributed by atoms with E-state index in [9.17, 15) is 13.2 Å². The number of anilines is 1. The molecule has 0 unspecified atom stereocenters. The van der Waals surface area contributed by atoms with E-state index in [1.165, 1.54) is 11.3 Å². The van der Waals surface area contributed by atoms with Crippen LogP contribution >= 0.6 is 0 Å². The van der Waals surface area contributed by atoms with Crippen molar-refractivity contribution in [2.45, 2.75) is 13.8 Å². The minimum Gasteiger partial charge on any atom is -0.461 e. The highest BCUT2D eigenvalue weighted by Gasteiger charge is 2.23. The third-order valence-corrected chi connectivity index (χ3v) is 3.90.